The molecule has 4 atom stereocenters. The van der Waals surface area contributed by atoms with E-state index in [-0.39, 0.29) is 19.0 Å². The van der Waals surface area contributed by atoms with E-state index in [4.69, 9.17) is 19.9 Å². The first-order chi connectivity index (χ1) is 9.42. The van der Waals surface area contributed by atoms with Gasteiger partial charge in [-0.25, -0.2) is 0 Å². The van der Waals surface area contributed by atoms with Crippen LogP contribution in [0.2, 0.25) is 0 Å². The molecule has 1 saturated heterocycles. The van der Waals surface area contributed by atoms with Gasteiger partial charge in [0.05, 0.1) is 12.7 Å². The molecule has 20 heavy (non-hydrogen) atoms. The zero-order chi connectivity index (χ0) is 14.9. The molecular weight excluding hydrogens is 289 g/mol. The lowest BCUT2D eigenvalue weighted by Crippen LogP contribution is -2.26. The van der Waals surface area contributed by atoms with Crippen LogP contribution in [0.1, 0.15) is 18.2 Å². The first-order valence-electron chi connectivity index (χ1n) is 5.93. The SMILES string of the molecule is Cc1cn([C@H]2CC(O[PH](=O)O)[C@@H](CO)O2)c(N)nc1=O. The number of nitrogens with two attached hydrogens (primary N) is 1. The maximum Gasteiger partial charge on any atom is 0.316 e. The highest BCUT2D eigenvalue weighted by Crippen LogP contribution is 2.35. The predicted octanol–water partition coefficient (Wildman–Crippen LogP) is -0.819. The first kappa shape index (κ1) is 15.1. The summed E-state index contributed by atoms with van der Waals surface area (Å²) in [6, 6.07) is 0. The van der Waals surface area contributed by atoms with Gasteiger partial charge in [0.25, 0.3) is 5.56 Å². The molecule has 10 heteroatoms. The zero-order valence-corrected chi connectivity index (χ0v) is 11.7. The molecule has 1 aromatic rings. The van der Waals surface area contributed by atoms with E-state index in [1.54, 1.807) is 6.92 Å². The Balaban J connectivity index is 2.25. The predicted molar refractivity (Wildman–Crippen MR) is 69.4 cm³/mol. The van der Waals surface area contributed by atoms with E-state index in [9.17, 15) is 14.5 Å². The van der Waals surface area contributed by atoms with E-state index in [0.717, 1.165) is 0 Å². The number of aliphatic hydroxyl groups excluding tert-OH is 1. The van der Waals surface area contributed by atoms with Crippen LogP contribution in [0.15, 0.2) is 11.0 Å². The Morgan fingerprint density at radius 2 is 2.40 bits per heavy atom. The van der Waals surface area contributed by atoms with Gasteiger partial charge < -0.3 is 25.0 Å². The van der Waals surface area contributed by atoms with Crippen LogP contribution >= 0.6 is 8.25 Å². The summed E-state index contributed by atoms with van der Waals surface area (Å²) in [6.07, 6.45) is -0.365. The molecule has 2 heterocycles. The van der Waals surface area contributed by atoms with Crippen LogP contribution in [0, 0.1) is 6.92 Å². The van der Waals surface area contributed by atoms with Gasteiger partial charge in [0, 0.05) is 18.2 Å². The van der Waals surface area contributed by atoms with E-state index in [1.165, 1.54) is 10.8 Å². The van der Waals surface area contributed by atoms with E-state index in [0.29, 0.717) is 5.56 Å². The standard InChI is InChI=1S/C10H16N3O6P/c1-5-3-13(10(11)12-9(5)15)8-2-6(19-20(16)17)7(4-14)18-8/h3,6-8,14,20H,2,4H2,1H3,(H,16,17)(H2,11,12,15)/t6?,7-,8-/m1/s1. The average Bonchev–Trinajstić information content (AvgIpc) is 2.75. The molecule has 4 N–H and O–H groups in total. The normalized spacial score (nSPS) is 27.6. The van der Waals surface area contributed by atoms with Gasteiger partial charge >= 0.3 is 8.25 Å². The molecule has 0 saturated carbocycles. The molecule has 0 amide bonds. The highest BCUT2D eigenvalue weighted by atomic mass is 31.1. The summed E-state index contributed by atoms with van der Waals surface area (Å²) < 4.78 is 22.6. The van der Waals surface area contributed by atoms with Crippen LogP contribution < -0.4 is 11.3 Å². The van der Waals surface area contributed by atoms with Crippen molar-refractivity contribution in [3.8, 4) is 0 Å². The van der Waals surface area contributed by atoms with Crippen molar-refractivity contribution in [1.29, 1.82) is 0 Å². The minimum absolute atomic E-state index is 0.0282. The van der Waals surface area contributed by atoms with Gasteiger partial charge in [0.15, 0.2) is 0 Å². The lowest BCUT2D eigenvalue weighted by molar-refractivity contribution is -0.0404. The maximum absolute atomic E-state index is 11.4. The molecular formula is C10H16N3O6P. The van der Waals surface area contributed by atoms with Crippen LogP contribution in [0.5, 0.6) is 0 Å². The minimum Gasteiger partial charge on any atom is -0.394 e. The van der Waals surface area contributed by atoms with E-state index < -0.39 is 32.2 Å². The second kappa shape index (κ2) is 6.02. The van der Waals surface area contributed by atoms with Gasteiger partial charge in [-0.2, -0.15) is 4.98 Å². The molecule has 1 aliphatic heterocycles. The van der Waals surface area contributed by atoms with Crippen molar-refractivity contribution in [2.75, 3.05) is 12.3 Å². The Bertz CT molecular complexity index is 577. The second-order valence-electron chi connectivity index (χ2n) is 4.46. The Kier molecular flexibility index (Phi) is 4.56. The first-order valence-corrected chi connectivity index (χ1v) is 7.20. The van der Waals surface area contributed by atoms with Crippen molar-refractivity contribution in [3.05, 3.63) is 22.1 Å². The topological polar surface area (TPSA) is 137 Å². The number of rotatable bonds is 4. The third-order valence-electron chi connectivity index (χ3n) is 3.07. The molecule has 1 fully saturated rings. The summed E-state index contributed by atoms with van der Waals surface area (Å²) in [7, 11) is -3.14. The van der Waals surface area contributed by atoms with Crippen molar-refractivity contribution < 1.29 is 23.8 Å². The van der Waals surface area contributed by atoms with Gasteiger partial charge in [-0.3, -0.25) is 13.9 Å². The van der Waals surface area contributed by atoms with Crippen LogP contribution in [-0.2, 0) is 13.8 Å². The summed E-state index contributed by atoms with van der Waals surface area (Å²) in [5, 5.41) is 9.20. The fourth-order valence-electron chi connectivity index (χ4n) is 2.10. The Morgan fingerprint density at radius 1 is 1.70 bits per heavy atom. The molecule has 0 aromatic carbocycles. The number of hydrogen-bond donors (Lipinski definition) is 3. The van der Waals surface area contributed by atoms with E-state index in [2.05, 4.69) is 4.98 Å². The van der Waals surface area contributed by atoms with Crippen molar-refractivity contribution in [3.63, 3.8) is 0 Å². The van der Waals surface area contributed by atoms with Crippen LogP contribution in [0.4, 0.5) is 5.95 Å². The number of hydrogen-bond acceptors (Lipinski definition) is 7. The Hall–Kier alpha value is -1.25. The fourth-order valence-corrected chi connectivity index (χ4v) is 2.61. The number of aliphatic hydroxyl groups is 1. The van der Waals surface area contributed by atoms with Crippen LogP contribution in [0.25, 0.3) is 0 Å². The Labute approximate surface area is 114 Å². The summed E-state index contributed by atoms with van der Waals surface area (Å²) in [4.78, 5) is 23.8. The fraction of sp³-hybridized carbons (Fsp3) is 0.600. The number of anilines is 1. The van der Waals surface area contributed by atoms with Gasteiger partial charge in [0.2, 0.25) is 5.95 Å². The molecule has 0 bridgehead atoms. The van der Waals surface area contributed by atoms with Gasteiger partial charge in [-0.1, -0.05) is 0 Å². The number of aromatic nitrogens is 2. The quantitative estimate of drug-likeness (QED) is 0.614. The summed E-state index contributed by atoms with van der Waals surface area (Å²) in [6.45, 7) is 1.23. The summed E-state index contributed by atoms with van der Waals surface area (Å²) in [5.41, 5.74) is 5.63. The van der Waals surface area contributed by atoms with Gasteiger partial charge in [0.1, 0.15) is 12.3 Å². The monoisotopic (exact) mass is 305 g/mol. The minimum atomic E-state index is -3.14. The molecule has 112 valence electrons. The Morgan fingerprint density at radius 3 is 3.00 bits per heavy atom. The highest BCUT2D eigenvalue weighted by Gasteiger charge is 2.38. The smallest absolute Gasteiger partial charge is 0.316 e. The number of aryl methyl sites for hydroxylation is 1. The average molecular weight is 305 g/mol. The van der Waals surface area contributed by atoms with Crippen LogP contribution in [0.3, 0.4) is 0 Å². The molecule has 1 aliphatic rings. The van der Waals surface area contributed by atoms with Gasteiger partial charge in [-0.15, -0.1) is 0 Å². The van der Waals surface area contributed by atoms with E-state index >= 15 is 0 Å². The molecule has 2 rings (SSSR count). The third-order valence-corrected chi connectivity index (χ3v) is 3.58. The third kappa shape index (κ3) is 3.08. The van der Waals surface area contributed by atoms with Crippen molar-refractivity contribution in [2.45, 2.75) is 31.8 Å². The van der Waals surface area contributed by atoms with Crippen molar-refractivity contribution in [1.82, 2.24) is 9.55 Å². The lowest BCUT2D eigenvalue weighted by Gasteiger charge is -2.17. The molecule has 0 spiro atoms. The largest absolute Gasteiger partial charge is 0.394 e. The molecule has 0 aliphatic carbocycles. The van der Waals surface area contributed by atoms with Crippen LogP contribution in [-0.4, -0.2) is 38.4 Å². The molecule has 2 unspecified atom stereocenters. The molecule has 1 aromatic heterocycles. The second-order valence-corrected chi connectivity index (χ2v) is 5.23. The summed E-state index contributed by atoms with van der Waals surface area (Å²) in [5.74, 6) is -0.0282. The van der Waals surface area contributed by atoms with E-state index in [1.807, 2.05) is 0 Å². The highest BCUT2D eigenvalue weighted by molar-refractivity contribution is 7.32. The van der Waals surface area contributed by atoms with Crippen molar-refractivity contribution >= 4 is 14.2 Å². The maximum atomic E-state index is 11.4. The van der Waals surface area contributed by atoms with Crippen molar-refractivity contribution in [2.24, 2.45) is 0 Å². The zero-order valence-electron chi connectivity index (χ0n) is 10.7. The molecule has 0 radical (unpaired) electrons. The van der Waals surface area contributed by atoms with Gasteiger partial charge in [-0.05, 0) is 6.92 Å². The number of nitrogen functional groups attached to an aromatic ring is 1. The number of ether oxygens (including phenoxy) is 1. The summed E-state index contributed by atoms with van der Waals surface area (Å²) >= 11 is 0. The number of nitrogens with zero attached hydrogens (tertiary/aromatic N) is 2. The lowest BCUT2D eigenvalue weighted by atomic mass is 10.2. The molecule has 9 nitrogen and oxygen atoms in total.